The van der Waals surface area contributed by atoms with E-state index >= 15 is 0 Å². The zero-order valence-electron chi connectivity index (χ0n) is 22.7. The summed E-state index contributed by atoms with van der Waals surface area (Å²) in [6, 6.07) is 22.7. The Morgan fingerprint density at radius 1 is 0.525 bits per heavy atom. The minimum absolute atomic E-state index is 0.628. The van der Waals surface area contributed by atoms with E-state index in [1.807, 2.05) is 60.7 Å². The van der Waals surface area contributed by atoms with Crippen molar-refractivity contribution in [2.75, 3.05) is 28.4 Å². The molecule has 0 radical (unpaired) electrons. The number of ether oxygens (including phenoxy) is 4. The number of nitriles is 2. The van der Waals surface area contributed by atoms with Gasteiger partial charge in [0.1, 0.15) is 0 Å². The molecule has 4 aromatic rings. The molecule has 0 N–H and O–H groups in total. The molecule has 0 saturated carbocycles. The van der Waals surface area contributed by atoms with Gasteiger partial charge in [-0.2, -0.15) is 10.5 Å². The number of methoxy groups -OCH3 is 4. The SMILES string of the molecule is COc1ccc(C(=CC#N)c2ccncc2)cc1OC.COc1ccc(C(=CC#N)c2ccncc2)cc1OC. The first kappa shape index (κ1) is 29.0. The Balaban J connectivity index is 0.000000220. The molecule has 0 aliphatic carbocycles. The van der Waals surface area contributed by atoms with Crippen molar-refractivity contribution >= 4 is 11.1 Å². The molecular formula is C32H28N4O4. The summed E-state index contributed by atoms with van der Waals surface area (Å²) in [5, 5.41) is 18.0. The number of hydrogen-bond acceptors (Lipinski definition) is 8. The predicted molar refractivity (Wildman–Crippen MR) is 153 cm³/mol. The van der Waals surface area contributed by atoms with Crippen LogP contribution in [0.2, 0.25) is 0 Å². The molecule has 8 nitrogen and oxygen atoms in total. The van der Waals surface area contributed by atoms with Gasteiger partial charge in [0, 0.05) is 36.9 Å². The Morgan fingerprint density at radius 3 is 1.18 bits per heavy atom. The Labute approximate surface area is 234 Å². The first-order valence-corrected chi connectivity index (χ1v) is 12.0. The molecule has 0 spiro atoms. The Bertz CT molecular complexity index is 1430. The van der Waals surface area contributed by atoms with Crippen LogP contribution in [0, 0.1) is 22.7 Å². The molecule has 0 saturated heterocycles. The van der Waals surface area contributed by atoms with Crippen LogP contribution in [0.15, 0.2) is 97.6 Å². The lowest BCUT2D eigenvalue weighted by Crippen LogP contribution is -1.94. The van der Waals surface area contributed by atoms with Crippen molar-refractivity contribution in [3.05, 3.63) is 120 Å². The number of benzene rings is 2. The molecule has 8 heteroatoms. The summed E-state index contributed by atoms with van der Waals surface area (Å²) in [6.07, 6.45) is 9.80. The van der Waals surface area contributed by atoms with E-state index in [0.717, 1.165) is 33.4 Å². The first-order chi connectivity index (χ1) is 19.6. The molecule has 2 heterocycles. The fraction of sp³-hybridized carbons (Fsp3) is 0.125. The van der Waals surface area contributed by atoms with E-state index in [1.54, 1.807) is 53.2 Å². The van der Waals surface area contributed by atoms with E-state index in [2.05, 4.69) is 22.1 Å². The molecule has 0 unspecified atom stereocenters. The number of rotatable bonds is 8. The molecule has 0 bridgehead atoms. The van der Waals surface area contributed by atoms with Crippen LogP contribution in [0.25, 0.3) is 11.1 Å². The van der Waals surface area contributed by atoms with Crippen molar-refractivity contribution in [2.45, 2.75) is 0 Å². The van der Waals surface area contributed by atoms with Gasteiger partial charge in [0.15, 0.2) is 23.0 Å². The van der Waals surface area contributed by atoms with Gasteiger partial charge < -0.3 is 18.9 Å². The Hall–Kier alpha value is -5.60. The van der Waals surface area contributed by atoms with Crippen LogP contribution in [0.1, 0.15) is 22.3 Å². The average molecular weight is 533 g/mol. The van der Waals surface area contributed by atoms with Crippen molar-refractivity contribution in [1.82, 2.24) is 9.97 Å². The molecule has 4 rings (SSSR count). The summed E-state index contributed by atoms with van der Waals surface area (Å²) in [5.74, 6) is 2.57. The second kappa shape index (κ2) is 15.0. The normalized spacial score (nSPS) is 10.8. The second-order valence-electron chi connectivity index (χ2n) is 7.99. The van der Waals surface area contributed by atoms with Gasteiger partial charge in [0.05, 0.1) is 40.6 Å². The van der Waals surface area contributed by atoms with E-state index in [9.17, 15) is 0 Å². The minimum atomic E-state index is 0.628. The first-order valence-electron chi connectivity index (χ1n) is 12.0. The van der Waals surface area contributed by atoms with Gasteiger partial charge in [0.2, 0.25) is 0 Å². The van der Waals surface area contributed by atoms with E-state index in [1.165, 1.54) is 12.2 Å². The third-order valence-corrected chi connectivity index (χ3v) is 5.79. The van der Waals surface area contributed by atoms with Crippen molar-refractivity contribution < 1.29 is 18.9 Å². The van der Waals surface area contributed by atoms with Crippen LogP contribution in [-0.4, -0.2) is 38.4 Å². The standard InChI is InChI=1S/2C16H14N2O2/c2*1-19-15-4-3-13(11-16(15)20-2)14(5-8-17)12-6-9-18-10-7-12/h2*3-7,9-11H,1-2H3. The van der Waals surface area contributed by atoms with Gasteiger partial charge in [-0.25, -0.2) is 0 Å². The largest absolute Gasteiger partial charge is 0.493 e. The summed E-state index contributed by atoms with van der Waals surface area (Å²) >= 11 is 0. The van der Waals surface area contributed by atoms with Gasteiger partial charge >= 0.3 is 0 Å². The fourth-order valence-corrected chi connectivity index (χ4v) is 3.87. The van der Waals surface area contributed by atoms with Crippen LogP contribution < -0.4 is 18.9 Å². The van der Waals surface area contributed by atoms with Crippen molar-refractivity contribution in [3.8, 4) is 35.1 Å². The molecule has 0 aliphatic rings. The molecule has 0 atom stereocenters. The molecule has 2 aromatic heterocycles. The minimum Gasteiger partial charge on any atom is -0.493 e. The van der Waals surface area contributed by atoms with Crippen LogP contribution in [-0.2, 0) is 0 Å². The lowest BCUT2D eigenvalue weighted by Gasteiger charge is -2.11. The average Bonchev–Trinajstić information content (AvgIpc) is 3.03. The number of nitrogens with zero attached hydrogens (tertiary/aromatic N) is 4. The number of pyridine rings is 2. The smallest absolute Gasteiger partial charge is 0.161 e. The van der Waals surface area contributed by atoms with Crippen molar-refractivity contribution in [2.24, 2.45) is 0 Å². The zero-order valence-corrected chi connectivity index (χ0v) is 22.7. The number of allylic oxidation sites excluding steroid dienone is 2. The molecular weight excluding hydrogens is 504 g/mol. The fourth-order valence-electron chi connectivity index (χ4n) is 3.87. The van der Waals surface area contributed by atoms with Crippen molar-refractivity contribution in [1.29, 1.82) is 10.5 Å². The highest BCUT2D eigenvalue weighted by Gasteiger charge is 2.11. The molecule has 0 fully saturated rings. The van der Waals surface area contributed by atoms with Crippen molar-refractivity contribution in [3.63, 3.8) is 0 Å². The number of aromatic nitrogens is 2. The van der Waals surface area contributed by atoms with Gasteiger partial charge in [-0.1, -0.05) is 12.1 Å². The monoisotopic (exact) mass is 532 g/mol. The maximum Gasteiger partial charge on any atom is 0.161 e. The lowest BCUT2D eigenvalue weighted by molar-refractivity contribution is 0.355. The quantitative estimate of drug-likeness (QED) is 0.250. The molecule has 0 aliphatic heterocycles. The maximum absolute atomic E-state index is 8.99. The summed E-state index contributed by atoms with van der Waals surface area (Å²) in [7, 11) is 6.35. The summed E-state index contributed by atoms with van der Waals surface area (Å²) in [5.41, 5.74) is 5.25. The summed E-state index contributed by atoms with van der Waals surface area (Å²) in [6.45, 7) is 0. The van der Waals surface area contributed by atoms with E-state index in [-0.39, 0.29) is 0 Å². The van der Waals surface area contributed by atoms with Crippen LogP contribution in [0.5, 0.6) is 23.0 Å². The molecule has 200 valence electrons. The third-order valence-electron chi connectivity index (χ3n) is 5.79. The highest BCUT2D eigenvalue weighted by Crippen LogP contribution is 2.33. The highest BCUT2D eigenvalue weighted by atomic mass is 16.5. The van der Waals surface area contributed by atoms with Gasteiger partial charge in [-0.3, -0.25) is 9.97 Å². The summed E-state index contributed by atoms with van der Waals surface area (Å²) in [4.78, 5) is 7.98. The topological polar surface area (TPSA) is 110 Å². The van der Waals surface area contributed by atoms with Crippen LogP contribution >= 0.6 is 0 Å². The Morgan fingerprint density at radius 2 is 0.875 bits per heavy atom. The third kappa shape index (κ3) is 7.25. The van der Waals surface area contributed by atoms with Crippen LogP contribution in [0.4, 0.5) is 0 Å². The number of hydrogen-bond donors (Lipinski definition) is 0. The second-order valence-corrected chi connectivity index (χ2v) is 7.99. The van der Waals surface area contributed by atoms with Gasteiger partial charge in [-0.15, -0.1) is 0 Å². The van der Waals surface area contributed by atoms with Gasteiger partial charge in [0.25, 0.3) is 0 Å². The van der Waals surface area contributed by atoms with Crippen LogP contribution in [0.3, 0.4) is 0 Å². The Kier molecular flexibility index (Phi) is 10.8. The van der Waals surface area contributed by atoms with E-state index < -0.39 is 0 Å². The van der Waals surface area contributed by atoms with E-state index in [4.69, 9.17) is 29.5 Å². The van der Waals surface area contributed by atoms with Gasteiger partial charge in [-0.05, 0) is 81.9 Å². The highest BCUT2D eigenvalue weighted by molar-refractivity contribution is 5.83. The van der Waals surface area contributed by atoms with E-state index in [0.29, 0.717) is 23.0 Å². The molecule has 40 heavy (non-hydrogen) atoms. The summed E-state index contributed by atoms with van der Waals surface area (Å²) < 4.78 is 21.0. The molecule has 0 amide bonds. The molecule has 2 aromatic carbocycles. The lowest BCUT2D eigenvalue weighted by atomic mass is 9.98. The zero-order chi connectivity index (χ0) is 28.7. The maximum atomic E-state index is 8.99. The predicted octanol–water partition coefficient (Wildman–Crippen LogP) is 6.11.